The van der Waals surface area contributed by atoms with Crippen LogP contribution in [0.2, 0.25) is 0 Å². The van der Waals surface area contributed by atoms with Crippen molar-refractivity contribution in [3.8, 4) is 5.75 Å². The van der Waals surface area contributed by atoms with Crippen molar-refractivity contribution in [3.05, 3.63) is 45.1 Å². The molecule has 2 rings (SSSR count). The van der Waals surface area contributed by atoms with Crippen LogP contribution in [0.1, 0.15) is 38.5 Å². The first-order valence-corrected chi connectivity index (χ1v) is 8.49. The zero-order valence-corrected chi connectivity index (χ0v) is 14.8. The average molecular weight is 347 g/mol. The third-order valence-electron chi connectivity index (χ3n) is 3.72. The predicted molar refractivity (Wildman–Crippen MR) is 95.3 cm³/mol. The molecule has 1 aromatic carbocycles. The Kier molecular flexibility index (Phi) is 5.98. The highest BCUT2D eigenvalue weighted by molar-refractivity contribution is 7.12. The van der Waals surface area contributed by atoms with Crippen LogP contribution in [-0.2, 0) is 11.2 Å². The number of nitrogens with one attached hydrogen (secondary N) is 1. The number of anilines is 1. The van der Waals surface area contributed by atoms with Gasteiger partial charge in [0.2, 0.25) is 5.91 Å². The Labute approximate surface area is 145 Å². The van der Waals surface area contributed by atoms with Gasteiger partial charge in [-0.2, -0.15) is 0 Å². The van der Waals surface area contributed by atoms with E-state index in [0.29, 0.717) is 17.9 Å². The maximum atomic E-state index is 12.1. The molecule has 1 aromatic heterocycles. The lowest BCUT2D eigenvalue weighted by Crippen LogP contribution is -2.12. The molecule has 1 amide bonds. The second-order valence-corrected chi connectivity index (χ2v) is 7.02. The molecular weight excluding hydrogens is 326 g/mol. The minimum atomic E-state index is -1.03. The Morgan fingerprint density at radius 1 is 1.25 bits per heavy atom. The van der Waals surface area contributed by atoms with E-state index >= 15 is 0 Å². The summed E-state index contributed by atoms with van der Waals surface area (Å²) in [6.45, 7) is 4.18. The minimum Gasteiger partial charge on any atom is -0.495 e. The fourth-order valence-electron chi connectivity index (χ4n) is 2.51. The van der Waals surface area contributed by atoms with Gasteiger partial charge >= 0.3 is 5.97 Å². The van der Waals surface area contributed by atoms with Gasteiger partial charge in [-0.3, -0.25) is 4.79 Å². The van der Waals surface area contributed by atoms with E-state index in [-0.39, 0.29) is 11.5 Å². The quantitative estimate of drug-likeness (QED) is 0.793. The van der Waals surface area contributed by atoms with E-state index in [4.69, 9.17) is 9.84 Å². The summed E-state index contributed by atoms with van der Waals surface area (Å²) in [5, 5.41) is 11.8. The topological polar surface area (TPSA) is 75.6 Å². The standard InChI is InChI=1S/C18H21NO4S/c1-11-9-13(12(2)24-11)5-4-6-17(20)19-15-8-7-14(18(21)22)10-16(15)23-3/h7-10H,4-6H2,1-3H3,(H,19,20)(H,21,22). The monoisotopic (exact) mass is 347 g/mol. The maximum Gasteiger partial charge on any atom is 0.335 e. The maximum absolute atomic E-state index is 12.1. The third-order valence-corrected chi connectivity index (χ3v) is 4.72. The SMILES string of the molecule is COc1cc(C(=O)O)ccc1NC(=O)CCCc1cc(C)sc1C. The summed E-state index contributed by atoms with van der Waals surface area (Å²) < 4.78 is 5.15. The van der Waals surface area contributed by atoms with Gasteiger partial charge < -0.3 is 15.2 Å². The van der Waals surface area contributed by atoms with Crippen molar-refractivity contribution >= 4 is 28.9 Å². The molecule has 0 atom stereocenters. The zero-order chi connectivity index (χ0) is 17.7. The van der Waals surface area contributed by atoms with E-state index in [1.807, 2.05) is 0 Å². The van der Waals surface area contributed by atoms with E-state index in [1.54, 1.807) is 17.4 Å². The number of hydrogen-bond acceptors (Lipinski definition) is 4. The van der Waals surface area contributed by atoms with E-state index < -0.39 is 5.97 Å². The Balaban J connectivity index is 1.92. The summed E-state index contributed by atoms with van der Waals surface area (Å²) in [6, 6.07) is 6.56. The van der Waals surface area contributed by atoms with Crippen LogP contribution < -0.4 is 10.1 Å². The number of amides is 1. The second kappa shape index (κ2) is 7.97. The lowest BCUT2D eigenvalue weighted by atomic mass is 10.1. The molecule has 128 valence electrons. The van der Waals surface area contributed by atoms with Crippen molar-refractivity contribution in [2.24, 2.45) is 0 Å². The molecule has 0 radical (unpaired) electrons. The van der Waals surface area contributed by atoms with Crippen LogP contribution in [0.3, 0.4) is 0 Å². The number of thiophene rings is 1. The van der Waals surface area contributed by atoms with Crippen LogP contribution in [-0.4, -0.2) is 24.1 Å². The number of methoxy groups -OCH3 is 1. The summed E-state index contributed by atoms with van der Waals surface area (Å²) >= 11 is 1.77. The van der Waals surface area contributed by atoms with Crippen molar-refractivity contribution < 1.29 is 19.4 Å². The van der Waals surface area contributed by atoms with Crippen LogP contribution in [0.15, 0.2) is 24.3 Å². The number of benzene rings is 1. The molecule has 0 saturated carbocycles. The van der Waals surface area contributed by atoms with Crippen LogP contribution in [0.4, 0.5) is 5.69 Å². The Bertz CT molecular complexity index is 751. The molecule has 0 unspecified atom stereocenters. The number of rotatable bonds is 7. The first-order chi connectivity index (χ1) is 11.4. The highest BCUT2D eigenvalue weighted by Gasteiger charge is 2.12. The molecule has 0 spiro atoms. The van der Waals surface area contributed by atoms with Crippen LogP contribution in [0.25, 0.3) is 0 Å². The lowest BCUT2D eigenvalue weighted by molar-refractivity contribution is -0.116. The Morgan fingerprint density at radius 3 is 2.58 bits per heavy atom. The van der Waals surface area contributed by atoms with Gasteiger partial charge in [-0.25, -0.2) is 4.79 Å². The molecular formula is C18H21NO4S. The molecule has 0 fully saturated rings. The molecule has 0 saturated heterocycles. The number of ether oxygens (including phenoxy) is 1. The number of carboxylic acids is 1. The van der Waals surface area contributed by atoms with Crippen molar-refractivity contribution in [3.63, 3.8) is 0 Å². The van der Waals surface area contributed by atoms with Crippen molar-refractivity contribution in [1.82, 2.24) is 0 Å². The predicted octanol–water partition coefficient (Wildman–Crippen LogP) is 4.03. The lowest BCUT2D eigenvalue weighted by Gasteiger charge is -2.11. The molecule has 0 aliphatic carbocycles. The van der Waals surface area contributed by atoms with Gasteiger partial charge in [0.1, 0.15) is 5.75 Å². The van der Waals surface area contributed by atoms with E-state index in [2.05, 4.69) is 25.2 Å². The van der Waals surface area contributed by atoms with Gasteiger partial charge in [0.05, 0.1) is 18.4 Å². The average Bonchev–Trinajstić information content (AvgIpc) is 2.85. The van der Waals surface area contributed by atoms with Gasteiger partial charge in [0.25, 0.3) is 0 Å². The van der Waals surface area contributed by atoms with Gasteiger partial charge in [-0.15, -0.1) is 11.3 Å². The number of aromatic carboxylic acids is 1. The largest absolute Gasteiger partial charge is 0.495 e. The number of hydrogen-bond donors (Lipinski definition) is 2. The fourth-order valence-corrected chi connectivity index (χ4v) is 3.49. The smallest absolute Gasteiger partial charge is 0.335 e. The molecule has 1 heterocycles. The van der Waals surface area contributed by atoms with Gasteiger partial charge in [0.15, 0.2) is 0 Å². The second-order valence-electron chi connectivity index (χ2n) is 5.56. The summed E-state index contributed by atoms with van der Waals surface area (Å²) in [5.74, 6) is -0.805. The highest BCUT2D eigenvalue weighted by Crippen LogP contribution is 2.26. The van der Waals surface area contributed by atoms with Crippen molar-refractivity contribution in [2.45, 2.75) is 33.1 Å². The van der Waals surface area contributed by atoms with Crippen molar-refractivity contribution in [2.75, 3.05) is 12.4 Å². The van der Waals surface area contributed by atoms with E-state index in [1.165, 1.54) is 34.6 Å². The van der Waals surface area contributed by atoms with Crippen LogP contribution >= 0.6 is 11.3 Å². The number of carbonyl (C=O) groups excluding carboxylic acids is 1. The fraction of sp³-hybridized carbons (Fsp3) is 0.333. The summed E-state index contributed by atoms with van der Waals surface area (Å²) in [4.78, 5) is 25.7. The van der Waals surface area contributed by atoms with Gasteiger partial charge in [-0.05, 0) is 56.5 Å². The molecule has 2 N–H and O–H groups in total. The molecule has 24 heavy (non-hydrogen) atoms. The molecule has 6 heteroatoms. The van der Waals surface area contributed by atoms with Crippen molar-refractivity contribution in [1.29, 1.82) is 0 Å². The Hall–Kier alpha value is -2.34. The normalized spacial score (nSPS) is 10.5. The summed E-state index contributed by atoms with van der Waals surface area (Å²) in [7, 11) is 1.44. The first kappa shape index (κ1) is 18.0. The summed E-state index contributed by atoms with van der Waals surface area (Å²) in [6.07, 6.45) is 2.04. The number of carbonyl (C=O) groups is 2. The first-order valence-electron chi connectivity index (χ1n) is 7.67. The highest BCUT2D eigenvalue weighted by atomic mass is 32.1. The molecule has 0 bridgehead atoms. The molecule has 0 aliphatic heterocycles. The molecule has 5 nitrogen and oxygen atoms in total. The van der Waals surface area contributed by atoms with Gasteiger partial charge in [0, 0.05) is 16.2 Å². The minimum absolute atomic E-state index is 0.110. The molecule has 2 aromatic rings. The number of carboxylic acid groups (broad SMARTS) is 1. The third kappa shape index (κ3) is 4.58. The zero-order valence-electron chi connectivity index (χ0n) is 14.0. The number of aryl methyl sites for hydroxylation is 3. The van der Waals surface area contributed by atoms with Gasteiger partial charge in [-0.1, -0.05) is 0 Å². The molecule has 0 aliphatic rings. The summed E-state index contributed by atoms with van der Waals surface area (Å²) in [5.41, 5.74) is 1.90. The van der Waals surface area contributed by atoms with Crippen LogP contribution in [0.5, 0.6) is 5.75 Å². The van der Waals surface area contributed by atoms with Crippen LogP contribution in [0, 0.1) is 13.8 Å². The van der Waals surface area contributed by atoms with E-state index in [9.17, 15) is 9.59 Å². The van der Waals surface area contributed by atoms with E-state index in [0.717, 1.165) is 12.8 Å². The Morgan fingerprint density at radius 2 is 2.00 bits per heavy atom.